The molecule has 0 atom stereocenters. The molecule has 0 aliphatic rings. The molecule has 206 valence electrons. The number of hydrogen-bond acceptors (Lipinski definition) is 2. The first-order chi connectivity index (χ1) is 20.8. The van der Waals surface area contributed by atoms with Crippen LogP contribution in [0.5, 0.6) is 0 Å². The summed E-state index contributed by atoms with van der Waals surface area (Å²) in [5, 5.41) is 6.28. The zero-order valence-corrected chi connectivity index (χ0v) is 25.2. The maximum absolute atomic E-state index is 5.10. The van der Waals surface area contributed by atoms with Crippen LogP contribution < -0.4 is 15.7 Å². The number of benzene rings is 5. The zero-order valence-electron chi connectivity index (χ0n) is 23.0. The van der Waals surface area contributed by atoms with Gasteiger partial charge in [0.15, 0.2) is 0 Å². The monoisotopic (exact) mass is 731 g/mol. The topological polar surface area (TPSA) is 44.8 Å². The summed E-state index contributed by atoms with van der Waals surface area (Å²) in [4.78, 5) is 14.8. The minimum absolute atomic E-state index is 0. The molecular formula is C38H24N4Pt. The van der Waals surface area contributed by atoms with Crippen molar-refractivity contribution in [3.63, 3.8) is 0 Å². The van der Waals surface area contributed by atoms with Crippen LogP contribution in [0.25, 0.3) is 61.8 Å². The fourth-order valence-electron chi connectivity index (χ4n) is 5.68. The summed E-state index contributed by atoms with van der Waals surface area (Å²) in [6.07, 6.45) is 6.05. The van der Waals surface area contributed by atoms with Gasteiger partial charge in [-0.1, -0.05) is 84.4 Å². The van der Waals surface area contributed by atoms with Gasteiger partial charge < -0.3 is 9.55 Å². The van der Waals surface area contributed by atoms with Crippen LogP contribution in [0.2, 0.25) is 0 Å². The Labute approximate surface area is 263 Å². The maximum atomic E-state index is 5.10. The summed E-state index contributed by atoms with van der Waals surface area (Å²) in [6, 6.07) is 47.1. The summed E-state index contributed by atoms with van der Waals surface area (Å²) in [6.45, 7) is 0. The van der Waals surface area contributed by atoms with E-state index in [-0.39, 0.29) is 21.1 Å². The molecule has 0 aliphatic heterocycles. The van der Waals surface area contributed by atoms with E-state index in [2.05, 4.69) is 131 Å². The van der Waals surface area contributed by atoms with Crippen LogP contribution in [0, 0.1) is 6.07 Å². The minimum Gasteiger partial charge on any atom is -0.663 e. The number of pyridine rings is 1. The van der Waals surface area contributed by atoms with Crippen molar-refractivity contribution in [2.45, 2.75) is 0 Å². The molecule has 0 radical (unpaired) electrons. The van der Waals surface area contributed by atoms with Crippen LogP contribution in [0.15, 0.2) is 134 Å². The van der Waals surface area contributed by atoms with Gasteiger partial charge in [-0.3, -0.25) is 9.97 Å². The fourth-order valence-corrected chi connectivity index (χ4v) is 5.68. The Morgan fingerprint density at radius 2 is 1.33 bits per heavy atom. The molecule has 5 heteroatoms. The Morgan fingerprint density at radius 3 is 2.16 bits per heavy atom. The second kappa shape index (κ2) is 11.3. The van der Waals surface area contributed by atoms with E-state index >= 15 is 0 Å². The number of rotatable bonds is 4. The number of nitrogens with zero attached hydrogens (tertiary/aromatic N) is 4. The normalized spacial score (nSPS) is 12.3. The summed E-state index contributed by atoms with van der Waals surface area (Å²) in [5.74, 6) is 0.856. The van der Waals surface area contributed by atoms with Crippen LogP contribution in [-0.4, -0.2) is 14.5 Å². The largest absolute Gasteiger partial charge is 2.00 e. The number of fused-ring (bicyclic) bond motifs is 3. The third kappa shape index (κ3) is 4.90. The van der Waals surface area contributed by atoms with Crippen LogP contribution in [-0.2, 0) is 21.1 Å². The molecule has 0 spiro atoms. The van der Waals surface area contributed by atoms with E-state index in [1.165, 1.54) is 0 Å². The van der Waals surface area contributed by atoms with Gasteiger partial charge in [0.25, 0.3) is 0 Å². The van der Waals surface area contributed by atoms with Gasteiger partial charge in [0.2, 0.25) is 0 Å². The van der Waals surface area contributed by atoms with Crippen LogP contribution in [0.4, 0.5) is 0 Å². The van der Waals surface area contributed by atoms with E-state index in [0.29, 0.717) is 0 Å². The van der Waals surface area contributed by atoms with Crippen molar-refractivity contribution in [3.8, 4) is 17.1 Å². The van der Waals surface area contributed by atoms with Gasteiger partial charge >= 0.3 is 21.1 Å². The molecule has 0 unspecified atom stereocenters. The molecule has 0 aliphatic carbocycles. The first kappa shape index (κ1) is 26.8. The van der Waals surface area contributed by atoms with Crippen molar-refractivity contribution in [2.75, 3.05) is 0 Å². The Morgan fingerprint density at radius 1 is 0.628 bits per heavy atom. The number of para-hydroxylation sites is 3. The van der Waals surface area contributed by atoms with Crippen LogP contribution in [0.3, 0.4) is 0 Å². The second-order valence-corrected chi connectivity index (χ2v) is 10.2. The van der Waals surface area contributed by atoms with E-state index in [1.807, 2.05) is 30.5 Å². The number of aromatic nitrogens is 4. The molecule has 3 heterocycles. The summed E-state index contributed by atoms with van der Waals surface area (Å²) < 4.78 is 2.20. The molecule has 0 saturated carbocycles. The SMILES string of the molecule is [Pt+2].[c-]1c(C=c2[n-]c(=Cc3nccc4ccccc34)c3ccccc23)cccc1-c1nc2ccccc2n1-c1ccccc1. The molecule has 0 saturated heterocycles. The summed E-state index contributed by atoms with van der Waals surface area (Å²) in [7, 11) is 0. The van der Waals surface area contributed by atoms with Crippen LogP contribution >= 0.6 is 0 Å². The van der Waals surface area contributed by atoms with Crippen molar-refractivity contribution >= 4 is 44.7 Å². The smallest absolute Gasteiger partial charge is 0.663 e. The Hall–Kier alpha value is -5.05. The molecule has 0 N–H and O–H groups in total. The second-order valence-electron chi connectivity index (χ2n) is 10.2. The Kier molecular flexibility index (Phi) is 7.06. The molecule has 0 amide bonds. The molecule has 3 aromatic heterocycles. The van der Waals surface area contributed by atoms with Crippen molar-refractivity contribution < 1.29 is 21.1 Å². The van der Waals surface area contributed by atoms with Gasteiger partial charge in [-0.2, -0.15) is 5.35 Å². The Bertz CT molecular complexity index is 2360. The molecule has 0 fully saturated rings. The van der Waals surface area contributed by atoms with E-state index in [4.69, 9.17) is 9.97 Å². The minimum atomic E-state index is 0. The van der Waals surface area contributed by atoms with Gasteiger partial charge in [-0.15, -0.1) is 41.3 Å². The van der Waals surface area contributed by atoms with E-state index in [9.17, 15) is 0 Å². The summed E-state index contributed by atoms with van der Waals surface area (Å²) in [5.41, 5.74) is 5.85. The Balaban J connectivity index is 0.00000300. The van der Waals surface area contributed by atoms with Crippen LogP contribution in [0.1, 0.15) is 11.3 Å². The number of imidazole rings is 1. The third-order valence-corrected chi connectivity index (χ3v) is 7.62. The van der Waals surface area contributed by atoms with Crippen molar-refractivity contribution in [2.24, 2.45) is 0 Å². The fraction of sp³-hybridized carbons (Fsp3) is 0. The van der Waals surface area contributed by atoms with E-state index in [0.717, 1.165) is 71.6 Å². The third-order valence-electron chi connectivity index (χ3n) is 7.62. The van der Waals surface area contributed by atoms with Gasteiger partial charge in [-0.05, 0) is 52.6 Å². The molecule has 4 nitrogen and oxygen atoms in total. The standard InChI is InChI=1S/C38H24N4.Pt/c1-2-14-29(15-3-1)42-37-20-9-8-19-33(37)41-38(42)28-13-10-11-26(23-28)24-35-31-17-6-7-18-32(31)36(40-35)25-34-30-16-5-4-12-27(30)21-22-39-34;/h1-22,24-25H;/q-2;+2. The average Bonchev–Trinajstić information content (AvgIpc) is 3.60. The average molecular weight is 732 g/mol. The van der Waals surface area contributed by atoms with E-state index in [1.54, 1.807) is 0 Å². The quantitative estimate of drug-likeness (QED) is 0.187. The maximum Gasteiger partial charge on any atom is 2.00 e. The van der Waals surface area contributed by atoms with E-state index < -0.39 is 0 Å². The van der Waals surface area contributed by atoms with Gasteiger partial charge in [0.05, 0.1) is 22.6 Å². The molecular weight excluding hydrogens is 708 g/mol. The molecule has 8 rings (SSSR count). The molecule has 8 aromatic rings. The molecule has 0 bridgehead atoms. The van der Waals surface area contributed by atoms with Crippen molar-refractivity contribution in [1.29, 1.82) is 0 Å². The predicted octanol–water partition coefficient (Wildman–Crippen LogP) is 6.81. The first-order valence-electron chi connectivity index (χ1n) is 14.0. The van der Waals surface area contributed by atoms with Gasteiger partial charge in [-0.25, -0.2) is 0 Å². The van der Waals surface area contributed by atoms with Crippen molar-refractivity contribution in [3.05, 3.63) is 162 Å². The van der Waals surface area contributed by atoms with Gasteiger partial charge in [0, 0.05) is 17.3 Å². The number of hydrogen-bond donors (Lipinski definition) is 0. The molecule has 43 heavy (non-hydrogen) atoms. The first-order valence-corrected chi connectivity index (χ1v) is 14.0. The van der Waals surface area contributed by atoms with Gasteiger partial charge in [0.1, 0.15) is 0 Å². The zero-order chi connectivity index (χ0) is 27.9. The predicted molar refractivity (Wildman–Crippen MR) is 171 cm³/mol. The summed E-state index contributed by atoms with van der Waals surface area (Å²) >= 11 is 0. The van der Waals surface area contributed by atoms with Crippen molar-refractivity contribution in [1.82, 2.24) is 19.5 Å². The molecule has 5 aromatic carbocycles.